The van der Waals surface area contributed by atoms with Gasteiger partial charge in [-0.3, -0.25) is 107 Å². The van der Waals surface area contributed by atoms with Crippen LogP contribution in [0.1, 0.15) is 163 Å². The van der Waals surface area contributed by atoms with E-state index < -0.39 is 320 Å². The number of likely N-dealkylation sites (tertiary alicyclic amines) is 1. The number of carbonyl (C=O) groups excluding carboxylic acids is 19. The third-order valence-electron chi connectivity index (χ3n) is 22.8. The van der Waals surface area contributed by atoms with Crippen molar-refractivity contribution in [3.63, 3.8) is 0 Å². The summed E-state index contributed by atoms with van der Waals surface area (Å²) in [5.74, 6) is -28.1. The maximum Gasteiger partial charge on any atom is 0.327 e. The number of hydrogen-bond acceptors (Lipinski definition) is 28. The number of hydrogen-bond donors (Lipinski definition) is 31. The molecule has 0 unspecified atom stereocenters. The highest BCUT2D eigenvalue weighted by atomic mass is 32.1. The molecule has 36 N–H and O–H groups in total. The normalized spacial score (nSPS) is 16.3. The number of primary amides is 3. The van der Waals surface area contributed by atoms with Crippen LogP contribution in [0.2, 0.25) is 0 Å². The molecule has 1 aliphatic heterocycles. The van der Waals surface area contributed by atoms with Crippen LogP contribution >= 0.6 is 12.6 Å². The highest BCUT2D eigenvalue weighted by molar-refractivity contribution is 7.80. The third-order valence-corrected chi connectivity index (χ3v) is 23.2. The van der Waals surface area contributed by atoms with Gasteiger partial charge in [-0.25, -0.2) is 4.79 Å². The standard InChI is InChI=1S/C88H140N26O26S/c1-10-44(7)67(82(135)108-59(41-141)86(139)140)111-77(130)57(38-63(92)120)106-75(128)55(36-48-23-16-13-17-24-48)104-71(124)50(25-18-32-97-87(93)94)100-80(133)66(43(5)6)110-83(136)68(45(8)11-2)112-78(131)58(40-116)107-72(125)52(29-31-64(121)122)101-84(137)69(46(9)117)113-79(132)60-27-20-34-114(60)85(138)53(28-30-61(90)118)102-81(134)65(42(3)4)109-73(126)51(26-19-33-98-88(95)96)99-74(127)54(35-47-21-14-12-15-22-47)105-76(129)56(37-62(91)119)103-70(123)49(89)39-115/h12-17,21-24,42-46,49-60,65-69,115-117,141H,10-11,18-20,25-41,89H2,1-9H3,(H2,90,118)(H2,91,119)(H2,92,120)(H,99,127)(H,100,133)(H,101,137)(H,102,134)(H,103,123)(H,104,124)(H,105,129)(H,106,128)(H,107,125)(H,108,135)(H,109,126)(H,110,136)(H,111,130)(H,112,131)(H,113,132)(H,121,122)(H,139,140)(H4,93,94,97)(H4,95,96,98)/t44-,45-,46+,49-,50-,51-,52-,53-,54-,55-,56-,57-,58-,59-,60-,65-,66-,67-,68-,69-/m0/s1. The first-order chi connectivity index (χ1) is 66.3. The van der Waals surface area contributed by atoms with Gasteiger partial charge in [0.1, 0.15) is 103 Å². The van der Waals surface area contributed by atoms with E-state index in [1.807, 2.05) is 0 Å². The van der Waals surface area contributed by atoms with Crippen molar-refractivity contribution in [3.8, 4) is 0 Å². The Kier molecular flexibility index (Phi) is 52.8. The zero-order chi connectivity index (χ0) is 106. The van der Waals surface area contributed by atoms with E-state index in [1.165, 1.54) is 34.6 Å². The molecule has 0 aliphatic carbocycles. The van der Waals surface area contributed by atoms with Crippen LogP contribution in [0.3, 0.4) is 0 Å². The van der Waals surface area contributed by atoms with Gasteiger partial charge in [0.2, 0.25) is 112 Å². The first kappa shape index (κ1) is 121. The number of carboxylic acid groups (broad SMARTS) is 2. The molecule has 1 aliphatic rings. The Balaban J connectivity index is 1.95. The monoisotopic (exact) mass is 2010 g/mol. The van der Waals surface area contributed by atoms with Gasteiger partial charge in [0.05, 0.1) is 32.2 Å². The summed E-state index contributed by atoms with van der Waals surface area (Å²) in [6.07, 6.45) is -6.96. The molecular weight excluding hydrogens is 1870 g/mol. The van der Waals surface area contributed by atoms with Crippen LogP contribution in [0.5, 0.6) is 0 Å². The van der Waals surface area contributed by atoms with Crippen LogP contribution in [-0.4, -0.2) is 314 Å². The van der Waals surface area contributed by atoms with Gasteiger partial charge in [0.15, 0.2) is 11.9 Å². The number of benzene rings is 2. The lowest BCUT2D eigenvalue weighted by Crippen LogP contribution is -2.63. The molecule has 0 saturated carbocycles. The number of nitrogens with zero attached hydrogens (tertiary/aromatic N) is 1. The van der Waals surface area contributed by atoms with Gasteiger partial charge in [-0.2, -0.15) is 12.6 Å². The summed E-state index contributed by atoms with van der Waals surface area (Å²) in [7, 11) is 0. The molecule has 20 atom stereocenters. The van der Waals surface area contributed by atoms with E-state index >= 15 is 0 Å². The van der Waals surface area contributed by atoms with Crippen LogP contribution in [0.15, 0.2) is 60.7 Å². The molecule has 52 nitrogen and oxygen atoms in total. The quantitative estimate of drug-likeness (QED) is 0.0127. The first-order valence-electron chi connectivity index (χ1n) is 46.0. The Labute approximate surface area is 819 Å². The molecular formula is C88H140N26O26S. The van der Waals surface area contributed by atoms with Gasteiger partial charge in [-0.1, -0.05) is 129 Å². The van der Waals surface area contributed by atoms with Crippen LogP contribution in [0.4, 0.5) is 0 Å². The van der Waals surface area contributed by atoms with Crippen molar-refractivity contribution in [1.29, 1.82) is 10.8 Å². The van der Waals surface area contributed by atoms with Crippen molar-refractivity contribution < 1.29 is 126 Å². The number of carboxylic acids is 2. The largest absolute Gasteiger partial charge is 0.481 e. The summed E-state index contributed by atoms with van der Waals surface area (Å²) < 4.78 is 0. The number of amides is 19. The Morgan fingerprint density at radius 2 is 0.745 bits per heavy atom. The molecule has 53 heteroatoms. The number of carbonyl (C=O) groups is 21. The van der Waals surface area contributed by atoms with Crippen molar-refractivity contribution in [2.75, 3.05) is 38.6 Å². The molecule has 141 heavy (non-hydrogen) atoms. The number of aliphatic hydroxyl groups excluding tert-OH is 3. The average molecular weight is 2010 g/mol. The van der Waals surface area contributed by atoms with Crippen molar-refractivity contribution in [1.82, 2.24) is 95.3 Å². The molecule has 0 aromatic heterocycles. The van der Waals surface area contributed by atoms with Crippen molar-refractivity contribution >= 4 is 149 Å². The van der Waals surface area contributed by atoms with E-state index in [9.17, 15) is 126 Å². The van der Waals surface area contributed by atoms with E-state index in [0.717, 1.165) is 11.8 Å². The molecule has 1 saturated heterocycles. The number of thiol groups is 1. The first-order valence-corrected chi connectivity index (χ1v) is 46.6. The smallest absolute Gasteiger partial charge is 0.327 e. The molecule has 1 fully saturated rings. The fourth-order valence-corrected chi connectivity index (χ4v) is 14.6. The zero-order valence-corrected chi connectivity index (χ0v) is 81.1. The fraction of sp³-hybridized carbons (Fsp3) is 0.602. The maximum absolute atomic E-state index is 14.9. The van der Waals surface area contributed by atoms with Crippen LogP contribution in [-0.2, 0) is 114 Å². The van der Waals surface area contributed by atoms with Crippen molar-refractivity contribution in [2.24, 2.45) is 58.1 Å². The van der Waals surface area contributed by atoms with Crippen molar-refractivity contribution in [2.45, 2.75) is 274 Å². The van der Waals surface area contributed by atoms with Crippen LogP contribution < -0.4 is 125 Å². The van der Waals surface area contributed by atoms with E-state index in [0.29, 0.717) is 11.1 Å². The molecule has 3 rings (SSSR count). The van der Waals surface area contributed by atoms with E-state index in [2.05, 4.69) is 103 Å². The number of rotatable bonds is 64. The molecule has 2 aromatic carbocycles. The lowest BCUT2D eigenvalue weighted by molar-refractivity contribution is -0.143. The maximum atomic E-state index is 14.9. The SMILES string of the molecule is CC[C@H](C)[C@H](NC(=O)[C@H](CC(N)=O)NC(=O)[C@H](Cc1ccccc1)NC(=O)[C@H](CCCNC(=N)N)NC(=O)[C@@H](NC(=O)[C@@H](NC(=O)[C@H](CO)NC(=O)[C@H](CCC(=O)O)NC(=O)[C@@H](NC(=O)[C@@H]1CCCN1C(=O)[C@H](CCC(N)=O)NC(=O)[C@@H](NC(=O)[C@H](CCCNC(=N)N)NC(=O)[C@H](Cc1ccccc1)NC(=O)[C@H](CC(N)=O)NC(=O)[C@@H](N)CO)C(C)C)[C@@H](C)O)[C@@H](C)CC)C(C)C)C(=O)N[C@@H](CS)C(=O)O. The Morgan fingerprint density at radius 3 is 1.14 bits per heavy atom. The summed E-state index contributed by atoms with van der Waals surface area (Å²) in [5, 5.41) is 108. The number of guanidine groups is 2. The Morgan fingerprint density at radius 1 is 0.404 bits per heavy atom. The molecule has 2 aromatic rings. The number of aliphatic carboxylic acids is 2. The highest BCUT2D eigenvalue weighted by Gasteiger charge is 2.45. The van der Waals surface area contributed by atoms with Gasteiger partial charge in [0, 0.05) is 51.1 Å². The summed E-state index contributed by atoms with van der Waals surface area (Å²) in [6.45, 7) is 11.0. The van der Waals surface area contributed by atoms with Gasteiger partial charge in [-0.05, 0) is 93.1 Å². The lowest BCUT2D eigenvalue weighted by atomic mass is 9.96. The van der Waals surface area contributed by atoms with Crippen molar-refractivity contribution in [3.05, 3.63) is 71.8 Å². The van der Waals surface area contributed by atoms with Gasteiger partial charge in [-0.15, -0.1) is 0 Å². The molecule has 784 valence electrons. The topological polar surface area (TPSA) is 871 Å². The molecule has 0 spiro atoms. The van der Waals surface area contributed by atoms with Gasteiger partial charge < -0.3 is 155 Å². The summed E-state index contributed by atoms with van der Waals surface area (Å²) in [4.78, 5) is 291. The van der Waals surface area contributed by atoms with E-state index in [-0.39, 0.29) is 89.6 Å². The predicted molar refractivity (Wildman–Crippen MR) is 509 cm³/mol. The minimum absolute atomic E-state index is 0.00439. The van der Waals surface area contributed by atoms with E-state index in [1.54, 1.807) is 81.4 Å². The minimum Gasteiger partial charge on any atom is -0.481 e. The van der Waals surface area contributed by atoms with Gasteiger partial charge in [0.25, 0.3) is 0 Å². The minimum atomic E-state index is -2.04. The second-order valence-corrected chi connectivity index (χ2v) is 35.2. The summed E-state index contributed by atoms with van der Waals surface area (Å²) in [5.41, 5.74) is 34.1. The van der Waals surface area contributed by atoms with Crippen LogP contribution in [0, 0.1) is 34.5 Å². The number of nitrogens with one attached hydrogen (secondary N) is 19. The lowest BCUT2D eigenvalue weighted by Gasteiger charge is -2.32. The molecule has 1 heterocycles. The second kappa shape index (κ2) is 61.5. The highest BCUT2D eigenvalue weighted by Crippen LogP contribution is 2.23. The summed E-state index contributed by atoms with van der Waals surface area (Å²) in [6, 6.07) is -12.3. The number of aliphatic hydroxyl groups is 3. The predicted octanol–water partition coefficient (Wildman–Crippen LogP) is -9.75. The second-order valence-electron chi connectivity index (χ2n) is 34.8. The molecule has 0 bridgehead atoms. The fourth-order valence-electron chi connectivity index (χ4n) is 14.4. The molecule has 19 amide bonds. The van der Waals surface area contributed by atoms with Crippen LogP contribution in [0.25, 0.3) is 0 Å². The van der Waals surface area contributed by atoms with E-state index in [4.69, 9.17) is 45.2 Å². The third kappa shape index (κ3) is 42.3. The van der Waals surface area contributed by atoms with Gasteiger partial charge >= 0.3 is 11.9 Å². The molecule has 0 radical (unpaired) electrons. The zero-order valence-electron chi connectivity index (χ0n) is 80.2. The Bertz CT molecular complexity index is 4660. The number of nitrogens with two attached hydrogens (primary N) is 6. The average Bonchev–Trinajstić information content (AvgIpc) is 1.70. The summed E-state index contributed by atoms with van der Waals surface area (Å²) >= 11 is 3.98. The Hall–Kier alpha value is -14.0.